The van der Waals surface area contributed by atoms with Crippen LogP contribution in [0.1, 0.15) is 12.8 Å². The third-order valence-electron chi connectivity index (χ3n) is 1.76. The first-order valence-electron chi connectivity index (χ1n) is 3.94. The van der Waals surface area contributed by atoms with Crippen molar-refractivity contribution < 1.29 is 4.79 Å². The molecule has 2 N–H and O–H groups in total. The van der Waals surface area contributed by atoms with Crippen molar-refractivity contribution in [2.75, 3.05) is 13.1 Å². The third kappa shape index (κ3) is 2.72. The molecule has 1 fully saturated rings. The van der Waals surface area contributed by atoms with Crippen LogP contribution in [0.25, 0.3) is 0 Å². The molecule has 1 atom stereocenters. The Morgan fingerprint density at radius 3 is 3.18 bits per heavy atom. The maximum Gasteiger partial charge on any atom is 0.224 e. The standard InChI is InChI=1S/C8H14N2O/c1-2-3-8(11)10-7-4-5-9-6-7/h2,7,9H,1,3-6H2,(H,10,11). The van der Waals surface area contributed by atoms with Crippen LogP contribution in [0.4, 0.5) is 0 Å². The average molecular weight is 154 g/mol. The summed E-state index contributed by atoms with van der Waals surface area (Å²) in [4.78, 5) is 11.0. The SMILES string of the molecule is C=CCC(=O)NC1CCNC1. The molecule has 62 valence electrons. The first-order valence-corrected chi connectivity index (χ1v) is 3.94. The van der Waals surface area contributed by atoms with Gasteiger partial charge in [0.2, 0.25) is 5.91 Å². The summed E-state index contributed by atoms with van der Waals surface area (Å²) in [5.41, 5.74) is 0. The molecule has 1 aliphatic rings. The highest BCUT2D eigenvalue weighted by molar-refractivity contribution is 5.77. The number of nitrogens with one attached hydrogen (secondary N) is 2. The van der Waals surface area contributed by atoms with Gasteiger partial charge in [-0.05, 0) is 13.0 Å². The van der Waals surface area contributed by atoms with Gasteiger partial charge in [0.15, 0.2) is 0 Å². The van der Waals surface area contributed by atoms with Crippen molar-refractivity contribution >= 4 is 5.91 Å². The van der Waals surface area contributed by atoms with E-state index in [2.05, 4.69) is 17.2 Å². The van der Waals surface area contributed by atoms with Crippen molar-refractivity contribution in [1.82, 2.24) is 10.6 Å². The van der Waals surface area contributed by atoms with E-state index >= 15 is 0 Å². The fourth-order valence-electron chi connectivity index (χ4n) is 1.20. The van der Waals surface area contributed by atoms with E-state index in [-0.39, 0.29) is 5.91 Å². The Balaban J connectivity index is 2.18. The molecule has 3 nitrogen and oxygen atoms in total. The summed E-state index contributed by atoms with van der Waals surface area (Å²) in [6.45, 7) is 5.42. The number of carbonyl (C=O) groups excluding carboxylic acids is 1. The lowest BCUT2D eigenvalue weighted by Crippen LogP contribution is -2.35. The Morgan fingerprint density at radius 1 is 1.82 bits per heavy atom. The molecule has 1 amide bonds. The highest BCUT2D eigenvalue weighted by atomic mass is 16.1. The van der Waals surface area contributed by atoms with Gasteiger partial charge in [-0.15, -0.1) is 6.58 Å². The minimum absolute atomic E-state index is 0.0775. The minimum atomic E-state index is 0.0775. The van der Waals surface area contributed by atoms with Crippen LogP contribution in [0.5, 0.6) is 0 Å². The van der Waals surface area contributed by atoms with Gasteiger partial charge in [0.25, 0.3) is 0 Å². The smallest absolute Gasteiger partial charge is 0.224 e. The van der Waals surface area contributed by atoms with E-state index in [1.165, 1.54) is 0 Å². The summed E-state index contributed by atoms with van der Waals surface area (Å²) in [6.07, 6.45) is 3.09. The molecule has 3 heteroatoms. The zero-order valence-electron chi connectivity index (χ0n) is 6.60. The minimum Gasteiger partial charge on any atom is -0.352 e. The summed E-state index contributed by atoms with van der Waals surface area (Å²) in [5.74, 6) is 0.0775. The van der Waals surface area contributed by atoms with E-state index < -0.39 is 0 Å². The van der Waals surface area contributed by atoms with Gasteiger partial charge in [0.1, 0.15) is 0 Å². The summed E-state index contributed by atoms with van der Waals surface area (Å²) in [7, 11) is 0. The molecule has 0 aromatic rings. The van der Waals surface area contributed by atoms with Crippen LogP contribution in [0.15, 0.2) is 12.7 Å². The monoisotopic (exact) mass is 154 g/mol. The van der Waals surface area contributed by atoms with Gasteiger partial charge in [-0.25, -0.2) is 0 Å². The molecule has 0 aromatic carbocycles. The van der Waals surface area contributed by atoms with E-state index in [9.17, 15) is 4.79 Å². The molecule has 1 unspecified atom stereocenters. The van der Waals surface area contributed by atoms with Crippen molar-refractivity contribution in [2.24, 2.45) is 0 Å². The average Bonchev–Trinajstić information content (AvgIpc) is 2.40. The maximum absolute atomic E-state index is 11.0. The quantitative estimate of drug-likeness (QED) is 0.563. The van der Waals surface area contributed by atoms with Gasteiger partial charge >= 0.3 is 0 Å². The second-order valence-electron chi connectivity index (χ2n) is 2.75. The number of carbonyl (C=O) groups is 1. The molecular formula is C8H14N2O. The molecule has 1 aliphatic heterocycles. The first-order chi connectivity index (χ1) is 5.33. The van der Waals surface area contributed by atoms with E-state index in [1.807, 2.05) is 0 Å². The lowest BCUT2D eigenvalue weighted by Gasteiger charge is -2.09. The van der Waals surface area contributed by atoms with Gasteiger partial charge in [-0.1, -0.05) is 6.08 Å². The zero-order valence-corrected chi connectivity index (χ0v) is 6.60. The van der Waals surface area contributed by atoms with Crippen LogP contribution in [0, 0.1) is 0 Å². The third-order valence-corrected chi connectivity index (χ3v) is 1.76. The van der Waals surface area contributed by atoms with Crippen molar-refractivity contribution in [2.45, 2.75) is 18.9 Å². The predicted octanol–water partition coefficient (Wildman–Crippen LogP) is 0.0406. The first kappa shape index (κ1) is 8.27. The number of rotatable bonds is 3. The molecule has 0 aliphatic carbocycles. The van der Waals surface area contributed by atoms with Crippen LogP contribution in [0.2, 0.25) is 0 Å². The second-order valence-corrected chi connectivity index (χ2v) is 2.75. The fourth-order valence-corrected chi connectivity index (χ4v) is 1.20. The second kappa shape index (κ2) is 4.13. The molecule has 1 saturated heterocycles. The summed E-state index contributed by atoms with van der Waals surface area (Å²) in [5, 5.41) is 6.09. The Kier molecular flexibility index (Phi) is 3.11. The van der Waals surface area contributed by atoms with E-state index in [4.69, 9.17) is 0 Å². The molecular weight excluding hydrogens is 140 g/mol. The van der Waals surface area contributed by atoms with Crippen molar-refractivity contribution in [3.63, 3.8) is 0 Å². The van der Waals surface area contributed by atoms with Crippen LogP contribution in [0.3, 0.4) is 0 Å². The molecule has 0 bridgehead atoms. The molecule has 1 rings (SSSR count). The molecule has 1 heterocycles. The van der Waals surface area contributed by atoms with Gasteiger partial charge in [-0.3, -0.25) is 4.79 Å². The van der Waals surface area contributed by atoms with Gasteiger partial charge in [0, 0.05) is 19.0 Å². The van der Waals surface area contributed by atoms with Crippen molar-refractivity contribution in [1.29, 1.82) is 0 Å². The van der Waals surface area contributed by atoms with Gasteiger partial charge in [-0.2, -0.15) is 0 Å². The van der Waals surface area contributed by atoms with Crippen LogP contribution in [-0.4, -0.2) is 25.0 Å². The van der Waals surface area contributed by atoms with Crippen molar-refractivity contribution in [3.05, 3.63) is 12.7 Å². The van der Waals surface area contributed by atoms with E-state index in [0.29, 0.717) is 12.5 Å². The van der Waals surface area contributed by atoms with Crippen LogP contribution in [-0.2, 0) is 4.79 Å². The largest absolute Gasteiger partial charge is 0.352 e. The predicted molar refractivity (Wildman–Crippen MR) is 44.2 cm³/mol. The van der Waals surface area contributed by atoms with Crippen molar-refractivity contribution in [3.8, 4) is 0 Å². The van der Waals surface area contributed by atoms with Crippen LogP contribution >= 0.6 is 0 Å². The topological polar surface area (TPSA) is 41.1 Å². The highest BCUT2D eigenvalue weighted by Crippen LogP contribution is 1.97. The fraction of sp³-hybridized carbons (Fsp3) is 0.625. The lowest BCUT2D eigenvalue weighted by atomic mass is 10.2. The molecule has 0 saturated carbocycles. The Labute approximate surface area is 66.9 Å². The summed E-state index contributed by atoms with van der Waals surface area (Å²) < 4.78 is 0. The van der Waals surface area contributed by atoms with E-state index in [0.717, 1.165) is 19.5 Å². The van der Waals surface area contributed by atoms with E-state index in [1.54, 1.807) is 6.08 Å². The lowest BCUT2D eigenvalue weighted by molar-refractivity contribution is -0.120. The molecule has 11 heavy (non-hydrogen) atoms. The molecule has 0 aromatic heterocycles. The molecule has 0 spiro atoms. The summed E-state index contributed by atoms with van der Waals surface area (Å²) >= 11 is 0. The number of hydrogen-bond acceptors (Lipinski definition) is 2. The van der Waals surface area contributed by atoms with Crippen LogP contribution < -0.4 is 10.6 Å². The van der Waals surface area contributed by atoms with Gasteiger partial charge < -0.3 is 10.6 Å². The normalized spacial score (nSPS) is 23.1. The molecule has 0 radical (unpaired) electrons. The van der Waals surface area contributed by atoms with Gasteiger partial charge in [0.05, 0.1) is 0 Å². The maximum atomic E-state index is 11.0. The number of amides is 1. The highest BCUT2D eigenvalue weighted by Gasteiger charge is 2.15. The Morgan fingerprint density at radius 2 is 2.64 bits per heavy atom. The zero-order chi connectivity index (χ0) is 8.10. The summed E-state index contributed by atoms with van der Waals surface area (Å²) in [6, 6.07) is 0.336. The Bertz CT molecular complexity index is 150. The number of hydrogen-bond donors (Lipinski definition) is 2. The Hall–Kier alpha value is -0.830.